The van der Waals surface area contributed by atoms with Crippen LogP contribution in [0.3, 0.4) is 0 Å². The van der Waals surface area contributed by atoms with Crippen LogP contribution in [0.25, 0.3) is 0 Å². The third-order valence-corrected chi connectivity index (χ3v) is 9.48. The van der Waals surface area contributed by atoms with Crippen LogP contribution in [0.1, 0.15) is 13.8 Å². The molecule has 0 spiro atoms. The Labute approximate surface area is 208 Å². The number of carbonyl (C=O) groups is 3. The van der Waals surface area contributed by atoms with Gasteiger partial charge in [-0.3, -0.25) is 9.59 Å². The zero-order chi connectivity index (χ0) is 22.7. The summed E-state index contributed by atoms with van der Waals surface area (Å²) in [6, 6.07) is 7.97. The van der Waals surface area contributed by atoms with E-state index in [2.05, 4.69) is 4.90 Å². The van der Waals surface area contributed by atoms with Crippen LogP contribution < -0.4 is 39.6 Å². The van der Waals surface area contributed by atoms with Gasteiger partial charge < -0.3 is 29.7 Å². The summed E-state index contributed by atoms with van der Waals surface area (Å²) in [6.07, 6.45) is -1.86. The zero-order valence-electron chi connectivity index (χ0n) is 18.2. The van der Waals surface area contributed by atoms with Crippen molar-refractivity contribution in [3.05, 3.63) is 30.3 Å². The number of carboxylic acid groups (broad SMARTS) is 1. The number of fused-ring (bicyclic) bond motifs is 1. The fourth-order valence-corrected chi connectivity index (χ4v) is 7.10. The first-order valence-electron chi connectivity index (χ1n) is 10.0. The van der Waals surface area contributed by atoms with Crippen molar-refractivity contribution in [1.82, 2.24) is 9.80 Å². The van der Waals surface area contributed by atoms with Crippen LogP contribution in [0.4, 0.5) is 5.69 Å². The number of nitrogens with zero attached hydrogens (tertiary/aromatic N) is 3. The monoisotopic (exact) mass is 473 g/mol. The fourth-order valence-electron chi connectivity index (χ4n) is 4.78. The molecule has 1 aromatic carbocycles. The van der Waals surface area contributed by atoms with Gasteiger partial charge in [-0.1, -0.05) is 18.2 Å². The summed E-state index contributed by atoms with van der Waals surface area (Å²) in [6.45, 7) is 4.08. The molecular weight excluding hydrogens is 449 g/mol. The van der Waals surface area contributed by atoms with Crippen LogP contribution in [0.5, 0.6) is 0 Å². The number of piperazine rings is 1. The maximum Gasteiger partial charge on any atom is 1.00 e. The summed E-state index contributed by atoms with van der Waals surface area (Å²) in [7, 11) is -4.15. The smallest absolute Gasteiger partial charge is 0.548 e. The van der Waals surface area contributed by atoms with Crippen LogP contribution in [-0.4, -0.2) is 89.6 Å². The summed E-state index contributed by atoms with van der Waals surface area (Å²) in [4.78, 5) is 41.2. The Morgan fingerprint density at radius 1 is 1.12 bits per heavy atom. The average molecular weight is 473 g/mol. The normalized spacial score (nSPS) is 28.9. The number of aliphatic hydroxyl groups is 1. The number of hydrogen-bond donors (Lipinski definition) is 1. The number of β-lactam (4-membered cyclic amide) rings is 1. The van der Waals surface area contributed by atoms with Gasteiger partial charge >= 0.3 is 29.6 Å². The molecule has 1 aromatic rings. The van der Waals surface area contributed by atoms with Crippen LogP contribution in [0, 0.1) is 5.92 Å². The Balaban J connectivity index is 0.00000289. The number of benzene rings is 1. The Bertz CT molecular complexity index is 1020. The Morgan fingerprint density at radius 3 is 2.22 bits per heavy atom. The molecule has 3 saturated heterocycles. The second kappa shape index (κ2) is 8.60. The van der Waals surface area contributed by atoms with Gasteiger partial charge in [-0.15, -0.1) is 0 Å². The molecule has 168 valence electrons. The molecule has 0 saturated carbocycles. The second-order valence-electron chi connectivity index (χ2n) is 8.62. The van der Waals surface area contributed by atoms with Gasteiger partial charge in [0.15, 0.2) is 9.84 Å². The van der Waals surface area contributed by atoms with Gasteiger partial charge in [0.25, 0.3) is 5.91 Å². The Kier molecular flexibility index (Phi) is 6.71. The van der Waals surface area contributed by atoms with Gasteiger partial charge in [-0.05, 0) is 26.0 Å². The quantitative estimate of drug-likeness (QED) is 0.338. The standard InChI is InChI=1S/C20H25N3O7S.Na/c1-20(2)15(19(27)28)23-16(25)13(18(23)31(20,29)30)14(24)17(26)22-10-8-21(9-11-22)12-6-4-3-5-7-12;/h3-7,13-15,18,24H,8-11H2,1-2H3,(H,27,28);/q;+1/p-1/t13-,14+,15+,18-;/m1./s1. The Hall–Kier alpha value is -1.66. The van der Waals surface area contributed by atoms with E-state index in [1.54, 1.807) is 0 Å². The topological polar surface area (TPSA) is 138 Å². The molecule has 4 atom stereocenters. The van der Waals surface area contributed by atoms with Gasteiger partial charge in [0, 0.05) is 31.9 Å². The maximum atomic E-state index is 12.9. The third kappa shape index (κ3) is 3.54. The summed E-state index contributed by atoms with van der Waals surface area (Å²) in [5, 5.41) is 20.6. The largest absolute Gasteiger partial charge is 1.00 e. The van der Waals surface area contributed by atoms with Gasteiger partial charge in [-0.25, -0.2) is 8.42 Å². The number of carboxylic acids is 1. The number of para-hydroxylation sites is 1. The van der Waals surface area contributed by atoms with E-state index < -0.39 is 55.8 Å². The Morgan fingerprint density at radius 2 is 1.69 bits per heavy atom. The molecule has 32 heavy (non-hydrogen) atoms. The van der Waals surface area contributed by atoms with E-state index in [1.807, 2.05) is 30.3 Å². The predicted molar refractivity (Wildman–Crippen MR) is 107 cm³/mol. The molecule has 3 aliphatic heterocycles. The van der Waals surface area contributed by atoms with E-state index in [-0.39, 0.29) is 29.6 Å². The zero-order valence-corrected chi connectivity index (χ0v) is 21.0. The first kappa shape index (κ1) is 25.0. The molecule has 0 aliphatic carbocycles. The van der Waals surface area contributed by atoms with Crippen LogP contribution in [0.15, 0.2) is 30.3 Å². The molecular formula is C20H24N3NaO7S. The molecule has 2 amide bonds. The molecule has 0 unspecified atom stereocenters. The number of rotatable bonds is 4. The van der Waals surface area contributed by atoms with E-state index in [9.17, 15) is 33.0 Å². The molecule has 4 rings (SSSR count). The molecule has 3 aliphatic rings. The van der Waals surface area contributed by atoms with Gasteiger partial charge in [-0.2, -0.15) is 0 Å². The average Bonchev–Trinajstić information content (AvgIpc) is 2.88. The molecule has 0 radical (unpaired) electrons. The van der Waals surface area contributed by atoms with Crippen LogP contribution >= 0.6 is 0 Å². The van der Waals surface area contributed by atoms with Crippen LogP contribution in [0.2, 0.25) is 0 Å². The van der Waals surface area contributed by atoms with Gasteiger partial charge in [0.2, 0.25) is 5.91 Å². The van der Waals surface area contributed by atoms with Crippen LogP contribution in [-0.2, 0) is 24.2 Å². The SMILES string of the molecule is CC1(C)[C@H](C(=O)[O-])N2C(=O)[C@@H]([C@H](O)C(=O)N3CCN(c4ccccc4)CC3)[C@H]2S1(=O)=O.[Na+]. The number of hydrogen-bond acceptors (Lipinski definition) is 8. The third-order valence-electron chi connectivity index (χ3n) is 6.64. The number of amides is 2. The fraction of sp³-hybridized carbons (Fsp3) is 0.550. The first-order chi connectivity index (χ1) is 14.5. The molecule has 3 heterocycles. The molecule has 0 bridgehead atoms. The van der Waals surface area contributed by atoms with Crippen molar-refractivity contribution in [2.24, 2.45) is 5.92 Å². The van der Waals surface area contributed by atoms with E-state index in [0.717, 1.165) is 10.6 Å². The van der Waals surface area contributed by atoms with Crippen molar-refractivity contribution < 1.29 is 62.6 Å². The number of aliphatic hydroxyl groups excluding tert-OH is 1. The molecule has 3 fully saturated rings. The van der Waals surface area contributed by atoms with Crippen molar-refractivity contribution in [2.75, 3.05) is 31.1 Å². The van der Waals surface area contributed by atoms with Crippen molar-refractivity contribution in [1.29, 1.82) is 0 Å². The minimum absolute atomic E-state index is 0. The van der Waals surface area contributed by atoms with E-state index in [0.29, 0.717) is 26.2 Å². The number of carbonyl (C=O) groups excluding carboxylic acids is 3. The first-order valence-corrected chi connectivity index (χ1v) is 11.6. The molecule has 12 heteroatoms. The maximum absolute atomic E-state index is 12.9. The summed E-state index contributed by atoms with van der Waals surface area (Å²) >= 11 is 0. The number of sulfone groups is 1. The second-order valence-corrected chi connectivity index (χ2v) is 11.2. The summed E-state index contributed by atoms with van der Waals surface area (Å²) < 4.78 is 24.1. The minimum atomic E-state index is -4.15. The number of aliphatic carboxylic acids is 1. The van der Waals surface area contributed by atoms with E-state index >= 15 is 0 Å². The van der Waals surface area contributed by atoms with E-state index in [4.69, 9.17) is 0 Å². The molecule has 1 N–H and O–H groups in total. The van der Waals surface area contributed by atoms with Crippen molar-refractivity contribution >= 4 is 33.3 Å². The van der Waals surface area contributed by atoms with Crippen molar-refractivity contribution in [2.45, 2.75) is 36.1 Å². The van der Waals surface area contributed by atoms with Gasteiger partial charge in [0.05, 0.1) is 16.8 Å². The minimum Gasteiger partial charge on any atom is -0.548 e. The van der Waals surface area contributed by atoms with Gasteiger partial charge in [0.1, 0.15) is 17.4 Å². The predicted octanol–water partition coefficient (Wildman–Crippen LogP) is -5.19. The summed E-state index contributed by atoms with van der Waals surface area (Å²) in [5.74, 6) is -4.79. The van der Waals surface area contributed by atoms with Crippen molar-refractivity contribution in [3.8, 4) is 0 Å². The summed E-state index contributed by atoms with van der Waals surface area (Å²) in [5.41, 5.74) is 1.01. The molecule has 0 aromatic heterocycles. The number of anilines is 1. The van der Waals surface area contributed by atoms with E-state index in [1.165, 1.54) is 18.7 Å². The molecule has 10 nitrogen and oxygen atoms in total. The van der Waals surface area contributed by atoms with Crippen molar-refractivity contribution in [3.63, 3.8) is 0 Å².